The van der Waals surface area contributed by atoms with Crippen LogP contribution in [0.3, 0.4) is 0 Å². The molecule has 0 saturated carbocycles. The number of carbonyl (C=O) groups excluding carboxylic acids is 1. The number of hydrogen-bond acceptors (Lipinski definition) is 3. The van der Waals surface area contributed by atoms with Crippen LogP contribution in [-0.2, 0) is 21.0 Å². The molecule has 1 fully saturated rings. The van der Waals surface area contributed by atoms with Gasteiger partial charge in [0.25, 0.3) is 0 Å². The molecule has 1 saturated heterocycles. The molecule has 0 unspecified atom stereocenters. The molecule has 23 heavy (non-hydrogen) atoms. The molecule has 1 aliphatic rings. The van der Waals surface area contributed by atoms with Crippen molar-refractivity contribution in [3.8, 4) is 0 Å². The Bertz CT molecular complexity index is 722. The minimum absolute atomic E-state index is 0.0277. The molecule has 1 atom stereocenters. The van der Waals surface area contributed by atoms with E-state index in [9.17, 15) is 26.4 Å². The second-order valence-corrected chi connectivity index (χ2v) is 7.47. The minimum atomic E-state index is -4.78. The van der Waals surface area contributed by atoms with Gasteiger partial charge in [-0.05, 0) is 31.0 Å². The highest BCUT2D eigenvalue weighted by atomic mass is 35.5. The molecular formula is C13H14ClF3N2O3S. The summed E-state index contributed by atoms with van der Waals surface area (Å²) in [5.74, 6) is -0.821. The van der Waals surface area contributed by atoms with Gasteiger partial charge in [0.1, 0.15) is 6.04 Å². The highest BCUT2D eigenvalue weighted by molar-refractivity contribution is 7.89. The van der Waals surface area contributed by atoms with Gasteiger partial charge in [0, 0.05) is 6.54 Å². The number of hydrogen-bond donors (Lipinski definition) is 1. The Kier molecular flexibility index (Phi) is 4.93. The monoisotopic (exact) mass is 370 g/mol. The van der Waals surface area contributed by atoms with Crippen molar-refractivity contribution in [1.82, 2.24) is 4.31 Å². The van der Waals surface area contributed by atoms with E-state index in [4.69, 9.17) is 17.3 Å². The number of rotatable bonds is 3. The van der Waals surface area contributed by atoms with E-state index in [1.165, 1.54) is 0 Å². The number of alkyl halides is 3. The topological polar surface area (TPSA) is 80.5 Å². The summed E-state index contributed by atoms with van der Waals surface area (Å²) < 4.78 is 64.8. The van der Waals surface area contributed by atoms with Gasteiger partial charge in [-0.3, -0.25) is 4.79 Å². The van der Waals surface area contributed by atoms with E-state index >= 15 is 0 Å². The first kappa shape index (κ1) is 18.0. The van der Waals surface area contributed by atoms with Crippen molar-refractivity contribution in [3.05, 3.63) is 28.8 Å². The number of benzene rings is 1. The highest BCUT2D eigenvalue weighted by Crippen LogP contribution is 2.37. The Hall–Kier alpha value is -1.32. The molecule has 1 amide bonds. The molecule has 1 heterocycles. The van der Waals surface area contributed by atoms with Gasteiger partial charge in [-0.25, -0.2) is 8.42 Å². The zero-order valence-electron chi connectivity index (χ0n) is 11.8. The van der Waals surface area contributed by atoms with Crippen LogP contribution in [-0.4, -0.2) is 31.2 Å². The van der Waals surface area contributed by atoms with Crippen LogP contribution in [0.25, 0.3) is 0 Å². The summed E-state index contributed by atoms with van der Waals surface area (Å²) in [6.07, 6.45) is -3.42. The fraction of sp³-hybridized carbons (Fsp3) is 0.462. The van der Waals surface area contributed by atoms with Crippen LogP contribution in [0.1, 0.15) is 24.8 Å². The number of halogens is 4. The van der Waals surface area contributed by atoms with E-state index in [2.05, 4.69) is 0 Å². The first-order valence-electron chi connectivity index (χ1n) is 6.73. The number of primary amides is 1. The molecule has 0 aliphatic carbocycles. The first-order valence-corrected chi connectivity index (χ1v) is 8.55. The SMILES string of the molecule is NC(=O)[C@H]1CCCCN1S(=O)(=O)c1ccc(Cl)c(C(F)(F)F)c1. The quantitative estimate of drug-likeness (QED) is 0.887. The zero-order chi connectivity index (χ0) is 17.4. The van der Waals surface area contributed by atoms with Crippen LogP contribution in [0.5, 0.6) is 0 Å². The van der Waals surface area contributed by atoms with Gasteiger partial charge in [-0.2, -0.15) is 17.5 Å². The molecule has 1 aromatic rings. The van der Waals surface area contributed by atoms with Crippen molar-refractivity contribution < 1.29 is 26.4 Å². The number of sulfonamides is 1. The van der Waals surface area contributed by atoms with Gasteiger partial charge < -0.3 is 5.73 Å². The molecule has 5 nitrogen and oxygen atoms in total. The molecule has 0 bridgehead atoms. The van der Waals surface area contributed by atoms with E-state index in [0.717, 1.165) is 16.4 Å². The van der Waals surface area contributed by atoms with E-state index in [1.807, 2.05) is 0 Å². The molecule has 0 aromatic heterocycles. The van der Waals surface area contributed by atoms with Crippen molar-refractivity contribution in [3.63, 3.8) is 0 Å². The van der Waals surface area contributed by atoms with Crippen molar-refractivity contribution in [2.24, 2.45) is 5.73 Å². The third kappa shape index (κ3) is 3.61. The van der Waals surface area contributed by atoms with Crippen molar-refractivity contribution in [2.75, 3.05) is 6.54 Å². The Balaban J connectivity index is 2.49. The first-order chi connectivity index (χ1) is 10.5. The average molecular weight is 371 g/mol. The second kappa shape index (κ2) is 6.29. The summed E-state index contributed by atoms with van der Waals surface area (Å²) in [5.41, 5.74) is 3.97. The van der Waals surface area contributed by atoms with Crippen LogP contribution in [0, 0.1) is 0 Å². The third-order valence-corrected chi connectivity index (χ3v) is 5.87. The van der Waals surface area contributed by atoms with E-state index in [1.54, 1.807) is 0 Å². The van der Waals surface area contributed by atoms with Gasteiger partial charge >= 0.3 is 6.18 Å². The molecule has 0 radical (unpaired) electrons. The van der Waals surface area contributed by atoms with Gasteiger partial charge in [-0.1, -0.05) is 18.0 Å². The summed E-state index contributed by atoms with van der Waals surface area (Å²) in [4.78, 5) is 10.9. The fourth-order valence-corrected chi connectivity index (χ4v) is 4.41. The smallest absolute Gasteiger partial charge is 0.368 e. The maximum atomic E-state index is 12.9. The van der Waals surface area contributed by atoms with E-state index < -0.39 is 43.6 Å². The lowest BCUT2D eigenvalue weighted by molar-refractivity contribution is -0.137. The van der Waals surface area contributed by atoms with E-state index in [-0.39, 0.29) is 13.0 Å². The molecular weight excluding hydrogens is 357 g/mol. The van der Waals surface area contributed by atoms with Crippen molar-refractivity contribution in [1.29, 1.82) is 0 Å². The Morgan fingerprint density at radius 3 is 2.52 bits per heavy atom. The van der Waals surface area contributed by atoms with Gasteiger partial charge in [0.15, 0.2) is 0 Å². The van der Waals surface area contributed by atoms with Crippen LogP contribution in [0.15, 0.2) is 23.1 Å². The Morgan fingerprint density at radius 1 is 1.30 bits per heavy atom. The Labute approximate surface area is 136 Å². The summed E-state index contributed by atoms with van der Waals surface area (Å²) in [7, 11) is -4.28. The van der Waals surface area contributed by atoms with Gasteiger partial charge in [0.2, 0.25) is 15.9 Å². The summed E-state index contributed by atoms with van der Waals surface area (Å²) in [5, 5.41) is -0.596. The standard InChI is InChI=1S/C13H14ClF3N2O3S/c14-10-5-4-8(7-9(10)13(15,16)17)23(21,22)19-6-2-1-3-11(19)12(18)20/h4-5,7,11H,1-3,6H2,(H2,18,20)/t11-/m1/s1. The minimum Gasteiger partial charge on any atom is -0.368 e. The van der Waals surface area contributed by atoms with Crippen molar-refractivity contribution in [2.45, 2.75) is 36.4 Å². The largest absolute Gasteiger partial charge is 0.417 e. The van der Waals surface area contributed by atoms with Gasteiger partial charge in [0.05, 0.1) is 15.5 Å². The molecule has 10 heteroatoms. The lowest BCUT2D eigenvalue weighted by atomic mass is 10.0. The zero-order valence-corrected chi connectivity index (χ0v) is 13.4. The van der Waals surface area contributed by atoms with Crippen molar-refractivity contribution >= 4 is 27.5 Å². The molecule has 0 spiro atoms. The maximum Gasteiger partial charge on any atom is 0.417 e. The molecule has 1 aliphatic heterocycles. The third-order valence-electron chi connectivity index (χ3n) is 3.63. The predicted octanol–water partition coefficient (Wildman–Crippen LogP) is 2.39. The molecule has 1 aromatic carbocycles. The normalized spacial score (nSPS) is 20.4. The maximum absolute atomic E-state index is 12.9. The Morgan fingerprint density at radius 2 is 1.96 bits per heavy atom. The van der Waals surface area contributed by atoms with Crippen LogP contribution in [0.2, 0.25) is 5.02 Å². The molecule has 128 valence electrons. The second-order valence-electron chi connectivity index (χ2n) is 5.17. The van der Waals surface area contributed by atoms with Crippen LogP contribution >= 0.6 is 11.6 Å². The summed E-state index contributed by atoms with van der Waals surface area (Å²) in [6.45, 7) is 0.0277. The fourth-order valence-electron chi connectivity index (χ4n) is 2.49. The predicted molar refractivity (Wildman–Crippen MR) is 77.2 cm³/mol. The lowest BCUT2D eigenvalue weighted by Crippen LogP contribution is -2.50. The number of amides is 1. The average Bonchev–Trinajstić information content (AvgIpc) is 2.46. The van der Waals surface area contributed by atoms with Crippen LogP contribution in [0.4, 0.5) is 13.2 Å². The summed E-state index contributed by atoms with van der Waals surface area (Å²) >= 11 is 5.49. The van der Waals surface area contributed by atoms with Crippen LogP contribution < -0.4 is 5.73 Å². The molecule has 2 rings (SSSR count). The summed E-state index contributed by atoms with van der Waals surface area (Å²) in [6, 6.07) is 1.28. The highest BCUT2D eigenvalue weighted by Gasteiger charge is 2.39. The van der Waals surface area contributed by atoms with E-state index in [0.29, 0.717) is 18.9 Å². The number of piperidine rings is 1. The number of carbonyl (C=O) groups is 1. The number of nitrogens with zero attached hydrogens (tertiary/aromatic N) is 1. The van der Waals surface area contributed by atoms with Gasteiger partial charge in [-0.15, -0.1) is 0 Å². The number of nitrogens with two attached hydrogens (primary N) is 1. The molecule has 2 N–H and O–H groups in total. The lowest BCUT2D eigenvalue weighted by Gasteiger charge is -2.32.